The summed E-state index contributed by atoms with van der Waals surface area (Å²) >= 11 is 0. The van der Waals surface area contributed by atoms with Crippen LogP contribution in [-0.4, -0.2) is 57.5 Å². The summed E-state index contributed by atoms with van der Waals surface area (Å²) in [5, 5.41) is 0. The van der Waals surface area contributed by atoms with Crippen molar-refractivity contribution in [2.75, 3.05) is 39.8 Å². The van der Waals surface area contributed by atoms with E-state index < -0.39 is 10.0 Å². The van der Waals surface area contributed by atoms with E-state index in [4.69, 9.17) is 4.74 Å². The number of piperazine rings is 1. The van der Waals surface area contributed by atoms with E-state index in [0.29, 0.717) is 18.0 Å². The molecule has 2 aromatic carbocycles. The van der Waals surface area contributed by atoms with Crippen LogP contribution in [-0.2, 0) is 16.4 Å². The summed E-state index contributed by atoms with van der Waals surface area (Å²) in [4.78, 5) is 2.75. The van der Waals surface area contributed by atoms with Gasteiger partial charge in [-0.25, -0.2) is 8.42 Å². The molecule has 1 fully saturated rings. The molecule has 0 unspecified atom stereocenters. The maximum atomic E-state index is 12.8. The summed E-state index contributed by atoms with van der Waals surface area (Å²) < 4.78 is 32.4. The average Bonchev–Trinajstić information content (AvgIpc) is 2.69. The Morgan fingerprint density at radius 1 is 1.00 bits per heavy atom. The summed E-state index contributed by atoms with van der Waals surface area (Å²) in [7, 11) is -1.71. The molecule has 1 saturated heterocycles. The zero-order valence-electron chi connectivity index (χ0n) is 16.1. The number of hydrogen-bond donors (Lipinski definition) is 0. The number of methoxy groups -OCH3 is 1. The Morgan fingerprint density at radius 2 is 1.70 bits per heavy atom. The van der Waals surface area contributed by atoms with Crippen LogP contribution in [0.1, 0.15) is 17.5 Å². The summed E-state index contributed by atoms with van der Waals surface area (Å²) in [5.74, 6) is 0.879. The molecule has 0 aliphatic carbocycles. The van der Waals surface area contributed by atoms with Gasteiger partial charge < -0.3 is 9.64 Å². The lowest BCUT2D eigenvalue weighted by molar-refractivity contribution is 0.187. The molecule has 0 saturated carbocycles. The zero-order chi connectivity index (χ0) is 19.3. The smallest absolute Gasteiger partial charge is 0.243 e. The molecule has 1 aliphatic rings. The first kappa shape index (κ1) is 19.9. The Morgan fingerprint density at radius 3 is 2.33 bits per heavy atom. The SMILES string of the molecule is COc1ccc(CCCN2CCN(S(=O)(=O)c3cccc(C)c3)CC2)cc1. The van der Waals surface area contributed by atoms with Gasteiger partial charge in [0.25, 0.3) is 0 Å². The quantitative estimate of drug-likeness (QED) is 0.732. The van der Waals surface area contributed by atoms with Gasteiger partial charge in [0.2, 0.25) is 10.0 Å². The lowest BCUT2D eigenvalue weighted by atomic mass is 10.1. The molecule has 3 rings (SSSR count). The van der Waals surface area contributed by atoms with Crippen molar-refractivity contribution in [3.05, 3.63) is 59.7 Å². The van der Waals surface area contributed by atoms with Crippen LogP contribution in [0.25, 0.3) is 0 Å². The summed E-state index contributed by atoms with van der Waals surface area (Å²) in [6, 6.07) is 15.3. The molecule has 0 spiro atoms. The molecule has 0 amide bonds. The van der Waals surface area contributed by atoms with E-state index >= 15 is 0 Å². The van der Waals surface area contributed by atoms with E-state index in [2.05, 4.69) is 17.0 Å². The number of ether oxygens (including phenoxy) is 1. The van der Waals surface area contributed by atoms with E-state index in [0.717, 1.165) is 43.8 Å². The molecular formula is C21H28N2O3S. The van der Waals surface area contributed by atoms with Crippen LogP contribution in [0.15, 0.2) is 53.4 Å². The fraction of sp³-hybridized carbons (Fsp3) is 0.429. The van der Waals surface area contributed by atoms with Crippen molar-refractivity contribution < 1.29 is 13.2 Å². The standard InChI is InChI=1S/C21H28N2O3S/c1-18-5-3-7-21(17-18)27(24,25)23-15-13-22(14-16-23)12-4-6-19-8-10-20(26-2)11-9-19/h3,5,7-11,17H,4,6,12-16H2,1-2H3. The van der Waals surface area contributed by atoms with Crippen LogP contribution in [0.3, 0.4) is 0 Å². The van der Waals surface area contributed by atoms with E-state index in [1.165, 1.54) is 5.56 Å². The van der Waals surface area contributed by atoms with Crippen molar-refractivity contribution in [2.24, 2.45) is 0 Å². The molecule has 1 aliphatic heterocycles. The van der Waals surface area contributed by atoms with Gasteiger partial charge in [0, 0.05) is 26.2 Å². The molecule has 27 heavy (non-hydrogen) atoms. The van der Waals surface area contributed by atoms with E-state index in [9.17, 15) is 8.42 Å². The third-order valence-electron chi connectivity index (χ3n) is 5.06. The molecule has 5 nitrogen and oxygen atoms in total. The minimum absolute atomic E-state index is 0.399. The highest BCUT2D eigenvalue weighted by molar-refractivity contribution is 7.89. The van der Waals surface area contributed by atoms with Crippen molar-refractivity contribution >= 4 is 10.0 Å². The highest BCUT2D eigenvalue weighted by Gasteiger charge is 2.28. The Hall–Kier alpha value is -1.89. The van der Waals surface area contributed by atoms with Crippen LogP contribution < -0.4 is 4.74 Å². The highest BCUT2D eigenvalue weighted by atomic mass is 32.2. The summed E-state index contributed by atoms with van der Waals surface area (Å²) in [6.45, 7) is 5.59. The summed E-state index contributed by atoms with van der Waals surface area (Å²) in [6.07, 6.45) is 2.09. The predicted molar refractivity (Wildman–Crippen MR) is 108 cm³/mol. The van der Waals surface area contributed by atoms with Crippen molar-refractivity contribution in [3.63, 3.8) is 0 Å². The van der Waals surface area contributed by atoms with E-state index in [-0.39, 0.29) is 0 Å². The van der Waals surface area contributed by atoms with Crippen LogP contribution in [0.2, 0.25) is 0 Å². The molecule has 0 aromatic heterocycles. The molecule has 146 valence electrons. The molecule has 0 bridgehead atoms. The number of rotatable bonds is 7. The van der Waals surface area contributed by atoms with Gasteiger partial charge in [0.1, 0.15) is 5.75 Å². The second kappa shape index (κ2) is 8.87. The van der Waals surface area contributed by atoms with Gasteiger partial charge in [-0.15, -0.1) is 0 Å². The fourth-order valence-electron chi connectivity index (χ4n) is 3.42. The third kappa shape index (κ3) is 5.09. The molecule has 2 aromatic rings. The number of benzene rings is 2. The lowest BCUT2D eigenvalue weighted by Gasteiger charge is -2.34. The minimum atomic E-state index is -3.38. The average molecular weight is 389 g/mol. The first-order valence-electron chi connectivity index (χ1n) is 9.41. The van der Waals surface area contributed by atoms with Crippen molar-refractivity contribution in [1.82, 2.24) is 9.21 Å². The molecule has 0 atom stereocenters. The van der Waals surface area contributed by atoms with Gasteiger partial charge in [-0.05, 0) is 61.7 Å². The van der Waals surface area contributed by atoms with Gasteiger partial charge in [-0.2, -0.15) is 4.31 Å². The topological polar surface area (TPSA) is 49.9 Å². The van der Waals surface area contributed by atoms with Crippen molar-refractivity contribution in [1.29, 1.82) is 0 Å². The summed E-state index contributed by atoms with van der Waals surface area (Å²) in [5.41, 5.74) is 2.27. The van der Waals surface area contributed by atoms with Gasteiger partial charge in [0.05, 0.1) is 12.0 Å². The Labute approximate surface area is 162 Å². The number of nitrogens with zero attached hydrogens (tertiary/aromatic N) is 2. The van der Waals surface area contributed by atoms with Crippen molar-refractivity contribution in [2.45, 2.75) is 24.7 Å². The fourth-order valence-corrected chi connectivity index (χ4v) is 4.94. The Kier molecular flexibility index (Phi) is 6.52. The molecular weight excluding hydrogens is 360 g/mol. The molecule has 6 heteroatoms. The number of aryl methyl sites for hydroxylation is 2. The van der Waals surface area contributed by atoms with Gasteiger partial charge in [0.15, 0.2) is 0 Å². The van der Waals surface area contributed by atoms with Crippen molar-refractivity contribution in [3.8, 4) is 5.75 Å². The van der Waals surface area contributed by atoms with Crippen LogP contribution in [0.5, 0.6) is 5.75 Å². The van der Waals surface area contributed by atoms with Crippen LogP contribution in [0.4, 0.5) is 0 Å². The monoisotopic (exact) mass is 388 g/mol. The van der Waals surface area contributed by atoms with Gasteiger partial charge >= 0.3 is 0 Å². The predicted octanol–water partition coefficient (Wildman–Crippen LogP) is 2.94. The third-order valence-corrected chi connectivity index (χ3v) is 6.95. The largest absolute Gasteiger partial charge is 0.497 e. The van der Waals surface area contributed by atoms with E-state index in [1.54, 1.807) is 29.6 Å². The van der Waals surface area contributed by atoms with Crippen LogP contribution in [0, 0.1) is 6.92 Å². The normalized spacial score (nSPS) is 16.4. The molecule has 0 radical (unpaired) electrons. The zero-order valence-corrected chi connectivity index (χ0v) is 16.9. The van der Waals surface area contributed by atoms with Crippen LogP contribution >= 0.6 is 0 Å². The van der Waals surface area contributed by atoms with Gasteiger partial charge in [-0.1, -0.05) is 24.3 Å². The second-order valence-electron chi connectivity index (χ2n) is 7.01. The van der Waals surface area contributed by atoms with Gasteiger partial charge in [-0.3, -0.25) is 0 Å². The maximum absolute atomic E-state index is 12.8. The number of hydrogen-bond acceptors (Lipinski definition) is 4. The Bertz CT molecular complexity index is 842. The first-order chi connectivity index (χ1) is 13.0. The second-order valence-corrected chi connectivity index (χ2v) is 8.95. The number of sulfonamides is 1. The molecule has 1 heterocycles. The highest BCUT2D eigenvalue weighted by Crippen LogP contribution is 2.19. The molecule has 0 N–H and O–H groups in total. The maximum Gasteiger partial charge on any atom is 0.243 e. The van der Waals surface area contributed by atoms with E-state index in [1.807, 2.05) is 25.1 Å². The lowest BCUT2D eigenvalue weighted by Crippen LogP contribution is -2.48. The first-order valence-corrected chi connectivity index (χ1v) is 10.8. The minimum Gasteiger partial charge on any atom is -0.497 e. The Balaban J connectivity index is 1.47.